The molecular formula is C32H50O2. The Labute approximate surface area is 209 Å². The topological polar surface area (TPSA) is 26.3 Å². The minimum Gasteiger partial charge on any atom is -0.469 e. The van der Waals surface area contributed by atoms with E-state index in [1.165, 1.54) is 44.1 Å². The van der Waals surface area contributed by atoms with Gasteiger partial charge in [-0.3, -0.25) is 4.79 Å². The Kier molecular flexibility index (Phi) is 6.57. The molecule has 2 nitrogen and oxygen atoms in total. The molecule has 0 aromatic carbocycles. The van der Waals surface area contributed by atoms with E-state index in [9.17, 15) is 4.79 Å². The smallest absolute Gasteiger partial charge is 0.309 e. The molecule has 0 N–H and O–H groups in total. The molecule has 0 bridgehead atoms. The van der Waals surface area contributed by atoms with Crippen LogP contribution in [0.3, 0.4) is 0 Å². The molecule has 4 aliphatic rings. The van der Waals surface area contributed by atoms with Crippen molar-refractivity contribution >= 4 is 5.97 Å². The summed E-state index contributed by atoms with van der Waals surface area (Å²) in [6, 6.07) is 0. The fraction of sp³-hybridized carbons (Fsp3) is 0.781. The van der Waals surface area contributed by atoms with Crippen molar-refractivity contribution < 1.29 is 9.53 Å². The highest BCUT2D eigenvalue weighted by atomic mass is 16.5. The van der Waals surface area contributed by atoms with Gasteiger partial charge in [0.2, 0.25) is 0 Å². The molecule has 2 heteroatoms. The summed E-state index contributed by atoms with van der Waals surface area (Å²) in [6.07, 6.45) is 16.1. The predicted octanol–water partition coefficient (Wildman–Crippen LogP) is 8.68. The van der Waals surface area contributed by atoms with Crippen LogP contribution in [0.2, 0.25) is 0 Å². The molecule has 0 aromatic heterocycles. The first kappa shape index (κ1) is 25.8. The van der Waals surface area contributed by atoms with Crippen LogP contribution in [0, 0.1) is 45.3 Å². The number of fused-ring (bicyclic) bond motifs is 5. The van der Waals surface area contributed by atoms with Crippen molar-refractivity contribution in [2.24, 2.45) is 45.3 Å². The van der Waals surface area contributed by atoms with Gasteiger partial charge in [0.1, 0.15) is 0 Å². The Morgan fingerprint density at radius 2 is 1.79 bits per heavy atom. The quantitative estimate of drug-likeness (QED) is 0.289. The molecule has 0 aromatic rings. The molecule has 2 fully saturated rings. The summed E-state index contributed by atoms with van der Waals surface area (Å²) in [5.74, 6) is 1.88. The summed E-state index contributed by atoms with van der Waals surface area (Å²) >= 11 is 0. The summed E-state index contributed by atoms with van der Waals surface area (Å²) in [4.78, 5) is 12.6. The Morgan fingerprint density at radius 1 is 1.09 bits per heavy atom. The summed E-state index contributed by atoms with van der Waals surface area (Å²) in [6.45, 7) is 21.2. The van der Waals surface area contributed by atoms with Crippen molar-refractivity contribution in [1.29, 1.82) is 0 Å². The molecule has 0 spiro atoms. The molecule has 0 heterocycles. The van der Waals surface area contributed by atoms with Gasteiger partial charge in [-0.15, -0.1) is 0 Å². The van der Waals surface area contributed by atoms with Crippen molar-refractivity contribution in [2.45, 2.75) is 106 Å². The fourth-order valence-corrected chi connectivity index (χ4v) is 9.02. The summed E-state index contributed by atoms with van der Waals surface area (Å²) in [5.41, 5.74) is 5.44. The van der Waals surface area contributed by atoms with E-state index < -0.39 is 0 Å². The van der Waals surface area contributed by atoms with E-state index in [0.29, 0.717) is 17.3 Å². The molecule has 5 unspecified atom stereocenters. The second kappa shape index (κ2) is 8.67. The van der Waals surface area contributed by atoms with Gasteiger partial charge in [0.05, 0.1) is 13.0 Å². The summed E-state index contributed by atoms with van der Waals surface area (Å²) in [7, 11) is 1.55. The van der Waals surface area contributed by atoms with Gasteiger partial charge in [0, 0.05) is 0 Å². The van der Waals surface area contributed by atoms with Crippen LogP contribution >= 0.6 is 0 Å². The number of hydrogen-bond acceptors (Lipinski definition) is 2. The Balaban J connectivity index is 1.60. The average molecular weight is 467 g/mol. The molecule has 6 atom stereocenters. The van der Waals surface area contributed by atoms with E-state index in [-0.39, 0.29) is 28.1 Å². The Morgan fingerprint density at radius 3 is 2.44 bits per heavy atom. The predicted molar refractivity (Wildman–Crippen MR) is 142 cm³/mol. The SMILES string of the molecule is C=C(CCCC1CC[C@@]2(C)C3=CCC4C(C)(CCC(C(=O)OC)C4(C)C)C3=CCC12C)C(C)C. The molecule has 0 radical (unpaired) electrons. The lowest BCUT2D eigenvalue weighted by molar-refractivity contribution is -0.157. The van der Waals surface area contributed by atoms with Crippen LogP contribution < -0.4 is 0 Å². The summed E-state index contributed by atoms with van der Waals surface area (Å²) in [5, 5.41) is 0. The van der Waals surface area contributed by atoms with Crippen molar-refractivity contribution in [2.75, 3.05) is 7.11 Å². The average Bonchev–Trinajstić information content (AvgIpc) is 3.04. The Hall–Kier alpha value is -1.31. The minimum atomic E-state index is -0.0539. The fourth-order valence-electron chi connectivity index (χ4n) is 9.02. The molecule has 0 saturated heterocycles. The van der Waals surface area contributed by atoms with E-state index in [2.05, 4.69) is 67.2 Å². The van der Waals surface area contributed by atoms with Crippen molar-refractivity contribution in [3.63, 3.8) is 0 Å². The van der Waals surface area contributed by atoms with Crippen molar-refractivity contribution in [1.82, 2.24) is 0 Å². The van der Waals surface area contributed by atoms with Gasteiger partial charge in [-0.05, 0) is 108 Å². The maximum Gasteiger partial charge on any atom is 0.309 e. The maximum atomic E-state index is 12.6. The normalized spacial score (nSPS) is 40.6. The first-order valence-corrected chi connectivity index (χ1v) is 14.0. The van der Waals surface area contributed by atoms with Gasteiger partial charge in [-0.2, -0.15) is 0 Å². The van der Waals surface area contributed by atoms with Gasteiger partial charge in [0.25, 0.3) is 0 Å². The van der Waals surface area contributed by atoms with Crippen LogP contribution in [0.5, 0.6) is 0 Å². The van der Waals surface area contributed by atoms with E-state index >= 15 is 0 Å². The maximum absolute atomic E-state index is 12.6. The number of allylic oxidation sites excluding steroid dienone is 5. The third-order valence-electron chi connectivity index (χ3n) is 11.8. The molecule has 0 amide bonds. The molecule has 0 aliphatic heterocycles. The zero-order valence-electron chi connectivity index (χ0n) is 23.4. The highest BCUT2D eigenvalue weighted by Gasteiger charge is 2.63. The van der Waals surface area contributed by atoms with Crippen LogP contribution in [0.15, 0.2) is 35.5 Å². The second-order valence-corrected chi connectivity index (χ2v) is 13.8. The number of carbonyl (C=O) groups excluding carboxylic acids is 1. The van der Waals surface area contributed by atoms with Gasteiger partial charge < -0.3 is 4.74 Å². The largest absolute Gasteiger partial charge is 0.469 e. The lowest BCUT2D eigenvalue weighted by Gasteiger charge is -2.61. The van der Waals surface area contributed by atoms with Crippen LogP contribution in [0.1, 0.15) is 106 Å². The van der Waals surface area contributed by atoms with Crippen LogP contribution in [-0.4, -0.2) is 13.1 Å². The highest BCUT2D eigenvalue weighted by molar-refractivity contribution is 5.73. The van der Waals surface area contributed by atoms with Crippen LogP contribution in [0.4, 0.5) is 0 Å². The first-order valence-electron chi connectivity index (χ1n) is 14.0. The number of ether oxygens (including phenoxy) is 1. The number of methoxy groups -OCH3 is 1. The minimum absolute atomic E-state index is 0.00650. The van der Waals surface area contributed by atoms with E-state index in [1.54, 1.807) is 18.3 Å². The molecule has 4 rings (SSSR count). The zero-order valence-corrected chi connectivity index (χ0v) is 23.4. The number of carbonyl (C=O) groups is 1. The van der Waals surface area contributed by atoms with Gasteiger partial charge >= 0.3 is 5.97 Å². The Bertz CT molecular complexity index is 904. The van der Waals surface area contributed by atoms with Crippen molar-refractivity contribution in [3.8, 4) is 0 Å². The first-order chi connectivity index (χ1) is 15.8. The zero-order chi connectivity index (χ0) is 25.1. The third-order valence-corrected chi connectivity index (χ3v) is 11.8. The monoisotopic (exact) mass is 466 g/mol. The lowest BCUT2D eigenvalue weighted by Crippen LogP contribution is -2.54. The van der Waals surface area contributed by atoms with Crippen LogP contribution in [-0.2, 0) is 9.53 Å². The molecular weight excluding hydrogens is 416 g/mol. The molecule has 2 saturated carbocycles. The third kappa shape index (κ3) is 3.60. The lowest BCUT2D eigenvalue weighted by atomic mass is 9.43. The van der Waals surface area contributed by atoms with E-state index in [4.69, 9.17) is 4.74 Å². The number of rotatable bonds is 6. The van der Waals surface area contributed by atoms with Gasteiger partial charge in [-0.1, -0.05) is 72.8 Å². The van der Waals surface area contributed by atoms with E-state index in [1.807, 2.05) is 0 Å². The molecule has 34 heavy (non-hydrogen) atoms. The van der Waals surface area contributed by atoms with Gasteiger partial charge in [0.15, 0.2) is 0 Å². The standard InChI is InChI=1S/C32H50O2/c1-21(2)22(3)11-10-12-23-15-19-32(8)25-13-14-27-29(4,5)26(28(33)34-9)16-18-30(27,6)24(25)17-20-31(23,32)7/h13,17,21,23,26-27H,3,10-12,14-16,18-20H2,1-2,4-9H3/t23?,26?,27?,30?,31?,32-/m0/s1. The summed E-state index contributed by atoms with van der Waals surface area (Å²) < 4.78 is 5.23. The number of hydrogen-bond donors (Lipinski definition) is 0. The van der Waals surface area contributed by atoms with Gasteiger partial charge in [-0.25, -0.2) is 0 Å². The van der Waals surface area contributed by atoms with Crippen molar-refractivity contribution in [3.05, 3.63) is 35.5 Å². The molecule has 190 valence electrons. The van der Waals surface area contributed by atoms with Crippen LogP contribution in [0.25, 0.3) is 0 Å². The number of esters is 1. The highest BCUT2D eigenvalue weighted by Crippen LogP contribution is 2.71. The molecule has 4 aliphatic carbocycles. The second-order valence-electron chi connectivity index (χ2n) is 13.8. The van der Waals surface area contributed by atoms with E-state index in [0.717, 1.165) is 25.2 Å².